The molecule has 0 aliphatic heterocycles. The smallest absolute Gasteiger partial charge is 0.153 e. The van der Waals surface area contributed by atoms with Crippen LogP contribution < -0.4 is 0 Å². The lowest BCUT2D eigenvalue weighted by atomic mass is 10.0. The average molecular weight is 234 g/mol. The second kappa shape index (κ2) is 3.87. The summed E-state index contributed by atoms with van der Waals surface area (Å²) in [6, 6.07) is 4.10. The number of carbonyl (C=O) groups excluding carboxylic acids is 1. The predicted molar refractivity (Wildman–Crippen MR) is 66.4 cm³/mol. The summed E-state index contributed by atoms with van der Waals surface area (Å²) < 4.78 is 0. The van der Waals surface area contributed by atoms with E-state index in [0.29, 0.717) is 5.56 Å². The number of pyridine rings is 1. The van der Waals surface area contributed by atoms with Crippen LogP contribution in [0.1, 0.15) is 27.0 Å². The maximum atomic E-state index is 10.9. The molecule has 0 bridgehead atoms. The molecule has 0 saturated carbocycles. The van der Waals surface area contributed by atoms with Crippen LogP contribution in [0.5, 0.6) is 0 Å². The van der Waals surface area contributed by atoms with Crippen LogP contribution in [0.15, 0.2) is 12.1 Å². The van der Waals surface area contributed by atoms with E-state index in [0.717, 1.165) is 33.9 Å². The second-order valence-corrected chi connectivity index (χ2v) is 4.40. The van der Waals surface area contributed by atoms with Crippen molar-refractivity contribution in [2.75, 3.05) is 0 Å². The van der Waals surface area contributed by atoms with Crippen LogP contribution in [0.4, 0.5) is 0 Å². The van der Waals surface area contributed by atoms with Gasteiger partial charge in [-0.05, 0) is 38.0 Å². The van der Waals surface area contributed by atoms with E-state index >= 15 is 0 Å². The van der Waals surface area contributed by atoms with Crippen molar-refractivity contribution in [1.82, 2.24) is 4.98 Å². The third kappa shape index (κ3) is 1.59. The molecule has 16 heavy (non-hydrogen) atoms. The van der Waals surface area contributed by atoms with Gasteiger partial charge in [0.05, 0.1) is 11.1 Å². The monoisotopic (exact) mass is 233 g/mol. The van der Waals surface area contributed by atoms with Crippen molar-refractivity contribution < 1.29 is 4.79 Å². The molecule has 0 N–H and O–H groups in total. The summed E-state index contributed by atoms with van der Waals surface area (Å²) in [5, 5.41) is 1.29. The zero-order valence-corrected chi connectivity index (χ0v) is 10.2. The van der Waals surface area contributed by atoms with Crippen molar-refractivity contribution >= 4 is 28.8 Å². The van der Waals surface area contributed by atoms with Crippen molar-refractivity contribution in [1.29, 1.82) is 0 Å². The number of benzene rings is 1. The fourth-order valence-electron chi connectivity index (χ4n) is 1.99. The first kappa shape index (κ1) is 11.1. The molecule has 1 aromatic carbocycles. The Balaban J connectivity index is 2.98. The lowest BCUT2D eigenvalue weighted by Crippen LogP contribution is -1.96. The number of nitrogens with zero attached hydrogens (tertiary/aromatic N) is 1. The molecule has 0 atom stereocenters. The summed E-state index contributed by atoms with van der Waals surface area (Å²) in [7, 11) is 0. The summed E-state index contributed by atoms with van der Waals surface area (Å²) in [4.78, 5) is 15.2. The maximum absolute atomic E-state index is 10.9. The highest BCUT2D eigenvalue weighted by atomic mass is 35.5. The number of carbonyl (C=O) groups is 1. The highest BCUT2D eigenvalue weighted by Gasteiger charge is 2.11. The average Bonchev–Trinajstić information content (AvgIpc) is 2.21. The Bertz CT molecular complexity index is 590. The van der Waals surface area contributed by atoms with Gasteiger partial charge >= 0.3 is 0 Å². The number of aldehydes is 1. The largest absolute Gasteiger partial charge is 0.298 e. The van der Waals surface area contributed by atoms with Gasteiger partial charge in [-0.25, -0.2) is 4.98 Å². The van der Waals surface area contributed by atoms with E-state index in [1.165, 1.54) is 0 Å². The summed E-state index contributed by atoms with van der Waals surface area (Å²) >= 11 is 5.98. The topological polar surface area (TPSA) is 30.0 Å². The Morgan fingerprint density at radius 2 is 1.94 bits per heavy atom. The molecule has 1 heterocycles. The minimum absolute atomic E-state index is 0.284. The van der Waals surface area contributed by atoms with Gasteiger partial charge in [0.25, 0.3) is 0 Å². The van der Waals surface area contributed by atoms with Crippen LogP contribution in [-0.2, 0) is 0 Å². The number of hydrogen-bond acceptors (Lipinski definition) is 2. The summed E-state index contributed by atoms with van der Waals surface area (Å²) in [5.74, 6) is 0. The molecule has 2 rings (SSSR count). The SMILES string of the molecule is Cc1cc(C)c2nc(Cl)c(C=O)c(C)c2c1. The van der Waals surface area contributed by atoms with Crippen molar-refractivity contribution in [3.8, 4) is 0 Å². The minimum atomic E-state index is 0.284. The van der Waals surface area contributed by atoms with Crippen molar-refractivity contribution in [2.24, 2.45) is 0 Å². The lowest BCUT2D eigenvalue weighted by Gasteiger charge is -2.09. The van der Waals surface area contributed by atoms with E-state index < -0.39 is 0 Å². The van der Waals surface area contributed by atoms with E-state index in [1.54, 1.807) is 0 Å². The second-order valence-electron chi connectivity index (χ2n) is 4.04. The van der Waals surface area contributed by atoms with Gasteiger partial charge in [-0.2, -0.15) is 0 Å². The van der Waals surface area contributed by atoms with E-state index in [2.05, 4.69) is 11.1 Å². The minimum Gasteiger partial charge on any atom is -0.298 e. The van der Waals surface area contributed by atoms with Crippen LogP contribution in [0.2, 0.25) is 5.15 Å². The van der Waals surface area contributed by atoms with Gasteiger partial charge < -0.3 is 0 Å². The standard InChI is InChI=1S/C13H12ClNO/c1-7-4-8(2)12-10(5-7)9(3)11(6-16)13(14)15-12/h4-6H,1-3H3. The van der Waals surface area contributed by atoms with E-state index in [-0.39, 0.29) is 5.15 Å². The zero-order valence-electron chi connectivity index (χ0n) is 9.47. The molecular formula is C13H12ClNO. The quantitative estimate of drug-likeness (QED) is 0.556. The fourth-order valence-corrected chi connectivity index (χ4v) is 2.26. The van der Waals surface area contributed by atoms with Crippen molar-refractivity contribution in [3.63, 3.8) is 0 Å². The first-order valence-corrected chi connectivity index (χ1v) is 5.44. The molecule has 0 amide bonds. The Kier molecular flexibility index (Phi) is 2.68. The fraction of sp³-hybridized carbons (Fsp3) is 0.231. The van der Waals surface area contributed by atoms with Crippen molar-refractivity contribution in [2.45, 2.75) is 20.8 Å². The maximum Gasteiger partial charge on any atom is 0.153 e. The normalized spacial score (nSPS) is 10.8. The first-order chi connectivity index (χ1) is 7.54. The van der Waals surface area contributed by atoms with Gasteiger partial charge in [0.1, 0.15) is 5.15 Å². The van der Waals surface area contributed by atoms with E-state index in [1.807, 2.05) is 26.8 Å². The van der Waals surface area contributed by atoms with Crippen LogP contribution >= 0.6 is 11.6 Å². The van der Waals surface area contributed by atoms with Gasteiger partial charge in [-0.1, -0.05) is 23.2 Å². The molecular weight excluding hydrogens is 222 g/mol. The van der Waals surface area contributed by atoms with Gasteiger partial charge in [-0.3, -0.25) is 4.79 Å². The van der Waals surface area contributed by atoms with Gasteiger partial charge in [0, 0.05) is 5.39 Å². The van der Waals surface area contributed by atoms with Crippen LogP contribution in [0.3, 0.4) is 0 Å². The van der Waals surface area contributed by atoms with E-state index in [9.17, 15) is 4.79 Å². The number of halogens is 1. The van der Waals surface area contributed by atoms with E-state index in [4.69, 9.17) is 11.6 Å². The van der Waals surface area contributed by atoms with Gasteiger partial charge in [0.15, 0.2) is 6.29 Å². The molecule has 0 saturated heterocycles. The Labute approximate surface area is 99.3 Å². The molecule has 2 aromatic rings. The highest BCUT2D eigenvalue weighted by molar-refractivity contribution is 6.32. The molecule has 0 aliphatic rings. The zero-order chi connectivity index (χ0) is 11.9. The molecule has 2 nitrogen and oxygen atoms in total. The number of aryl methyl sites for hydroxylation is 3. The van der Waals surface area contributed by atoms with Gasteiger partial charge in [-0.15, -0.1) is 0 Å². The molecule has 82 valence electrons. The Morgan fingerprint density at radius 1 is 1.25 bits per heavy atom. The third-order valence-electron chi connectivity index (χ3n) is 2.80. The molecule has 3 heteroatoms. The Morgan fingerprint density at radius 3 is 2.56 bits per heavy atom. The molecule has 0 aliphatic carbocycles. The summed E-state index contributed by atoms with van der Waals surface area (Å²) in [6.45, 7) is 5.93. The van der Waals surface area contributed by atoms with Crippen LogP contribution in [0.25, 0.3) is 10.9 Å². The summed E-state index contributed by atoms with van der Waals surface area (Å²) in [6.07, 6.45) is 0.766. The summed E-state index contributed by atoms with van der Waals surface area (Å²) in [5.41, 5.74) is 4.50. The first-order valence-electron chi connectivity index (χ1n) is 5.07. The predicted octanol–water partition coefficient (Wildman–Crippen LogP) is 3.63. The number of fused-ring (bicyclic) bond motifs is 1. The third-order valence-corrected chi connectivity index (χ3v) is 3.09. The highest BCUT2D eigenvalue weighted by Crippen LogP contribution is 2.27. The number of hydrogen-bond donors (Lipinski definition) is 0. The number of aromatic nitrogens is 1. The van der Waals surface area contributed by atoms with Gasteiger partial charge in [0.2, 0.25) is 0 Å². The molecule has 0 fully saturated rings. The van der Waals surface area contributed by atoms with Crippen molar-refractivity contribution in [3.05, 3.63) is 39.5 Å². The Hall–Kier alpha value is -1.41. The molecule has 0 radical (unpaired) electrons. The van der Waals surface area contributed by atoms with Crippen LogP contribution in [0, 0.1) is 20.8 Å². The van der Waals surface area contributed by atoms with Crippen LogP contribution in [-0.4, -0.2) is 11.3 Å². The lowest BCUT2D eigenvalue weighted by molar-refractivity contribution is 0.112. The molecule has 0 spiro atoms. The molecule has 1 aromatic heterocycles. The molecule has 0 unspecified atom stereocenters. The number of rotatable bonds is 1.